The third-order valence-electron chi connectivity index (χ3n) is 2.36. The minimum atomic E-state index is 0.289. The van der Waals surface area contributed by atoms with E-state index in [9.17, 15) is 4.79 Å². The van der Waals surface area contributed by atoms with E-state index in [-0.39, 0.29) is 5.78 Å². The van der Waals surface area contributed by atoms with Gasteiger partial charge in [-0.3, -0.25) is 0 Å². The highest BCUT2D eigenvalue weighted by Crippen LogP contribution is 2.05. The average molecular weight is 230 g/mol. The lowest BCUT2D eigenvalue weighted by atomic mass is 10.1. The van der Waals surface area contributed by atoms with Gasteiger partial charge in [-0.2, -0.15) is 0 Å². The predicted molar refractivity (Wildman–Crippen MR) is 70.7 cm³/mol. The van der Waals surface area contributed by atoms with Crippen molar-refractivity contribution in [3.05, 3.63) is 0 Å². The zero-order valence-electron chi connectivity index (χ0n) is 11.4. The van der Waals surface area contributed by atoms with Crippen LogP contribution in [0, 0.1) is 0 Å². The summed E-state index contributed by atoms with van der Waals surface area (Å²) in [6.45, 7) is 6.21. The Morgan fingerprint density at radius 1 is 0.875 bits per heavy atom. The Kier molecular flexibility index (Phi) is 19.2. The minimum absolute atomic E-state index is 0.289. The van der Waals surface area contributed by atoms with E-state index in [2.05, 4.69) is 6.92 Å². The molecule has 0 radical (unpaired) electrons. The van der Waals surface area contributed by atoms with Gasteiger partial charge in [-0.15, -0.1) is 0 Å². The summed E-state index contributed by atoms with van der Waals surface area (Å²) >= 11 is 0. The first-order chi connectivity index (χ1) is 7.68. The van der Waals surface area contributed by atoms with E-state index in [4.69, 9.17) is 5.11 Å². The van der Waals surface area contributed by atoms with Crippen molar-refractivity contribution in [3.8, 4) is 0 Å². The molecule has 0 aliphatic carbocycles. The van der Waals surface area contributed by atoms with Crippen LogP contribution in [0.1, 0.15) is 78.6 Å². The number of hydrogen-bond acceptors (Lipinski definition) is 2. The van der Waals surface area contributed by atoms with Gasteiger partial charge in [0.15, 0.2) is 0 Å². The van der Waals surface area contributed by atoms with E-state index >= 15 is 0 Å². The fourth-order valence-electron chi connectivity index (χ4n) is 1.42. The highest BCUT2D eigenvalue weighted by molar-refractivity contribution is 5.75. The molecular formula is C14H30O2. The molecule has 0 spiro atoms. The number of rotatable bonds is 9. The Bertz CT molecular complexity index is 125. The molecule has 0 unspecified atom stereocenters. The van der Waals surface area contributed by atoms with Crippen LogP contribution in [0.2, 0.25) is 0 Å². The highest BCUT2D eigenvalue weighted by Gasteiger charge is 1.88. The van der Waals surface area contributed by atoms with Crippen molar-refractivity contribution in [1.29, 1.82) is 0 Å². The summed E-state index contributed by atoms with van der Waals surface area (Å²) in [6.07, 6.45) is 10.6. The summed E-state index contributed by atoms with van der Waals surface area (Å²) in [6, 6.07) is 0. The molecule has 1 N–H and O–H groups in total. The molecule has 0 fully saturated rings. The summed E-state index contributed by atoms with van der Waals surface area (Å²) in [7, 11) is 0. The molecule has 0 aromatic rings. The number of carbonyl (C=O) groups excluding carboxylic acids is 1. The number of aliphatic hydroxyl groups excluding tert-OH is 1. The topological polar surface area (TPSA) is 37.3 Å². The van der Waals surface area contributed by atoms with Crippen LogP contribution in [-0.2, 0) is 4.79 Å². The Morgan fingerprint density at radius 3 is 1.69 bits per heavy atom. The van der Waals surface area contributed by atoms with Gasteiger partial charge in [0.1, 0.15) is 5.78 Å². The third kappa shape index (κ3) is 23.4. The largest absolute Gasteiger partial charge is 0.396 e. The third-order valence-corrected chi connectivity index (χ3v) is 2.36. The maximum absolute atomic E-state index is 10.0. The van der Waals surface area contributed by atoms with Gasteiger partial charge >= 0.3 is 0 Å². The second kappa shape index (κ2) is 17.0. The van der Waals surface area contributed by atoms with Crippen LogP contribution in [0.5, 0.6) is 0 Å². The molecule has 0 aromatic carbocycles. The van der Waals surface area contributed by atoms with Crippen LogP contribution in [0.15, 0.2) is 0 Å². The molecule has 0 saturated heterocycles. The summed E-state index contributed by atoms with van der Waals surface area (Å²) in [5, 5.41) is 8.47. The molecule has 0 atom stereocenters. The fourth-order valence-corrected chi connectivity index (χ4v) is 1.42. The van der Waals surface area contributed by atoms with Gasteiger partial charge < -0.3 is 9.90 Å². The fraction of sp³-hybridized carbons (Fsp3) is 0.929. The zero-order chi connectivity index (χ0) is 12.6. The van der Waals surface area contributed by atoms with Crippen molar-refractivity contribution in [2.75, 3.05) is 6.61 Å². The average Bonchev–Trinajstić information content (AvgIpc) is 2.24. The van der Waals surface area contributed by atoms with Crippen molar-refractivity contribution < 1.29 is 9.90 Å². The summed E-state index contributed by atoms with van der Waals surface area (Å²) in [4.78, 5) is 10.0. The number of unbranched alkanes of at least 4 members (excludes halogenated alkanes) is 6. The van der Waals surface area contributed by atoms with Crippen LogP contribution in [-0.4, -0.2) is 17.5 Å². The van der Waals surface area contributed by atoms with Gasteiger partial charge in [0, 0.05) is 13.0 Å². The molecule has 98 valence electrons. The van der Waals surface area contributed by atoms with Gasteiger partial charge in [0.2, 0.25) is 0 Å². The van der Waals surface area contributed by atoms with Crippen LogP contribution < -0.4 is 0 Å². The number of hydrogen-bond donors (Lipinski definition) is 1. The van der Waals surface area contributed by atoms with E-state index in [1.54, 1.807) is 6.92 Å². The Morgan fingerprint density at radius 2 is 1.38 bits per heavy atom. The van der Waals surface area contributed by atoms with Gasteiger partial charge in [-0.1, -0.05) is 52.4 Å². The van der Waals surface area contributed by atoms with Gasteiger partial charge in [-0.25, -0.2) is 0 Å². The van der Waals surface area contributed by atoms with Crippen LogP contribution in [0.4, 0.5) is 0 Å². The first kappa shape index (κ1) is 18.0. The summed E-state index contributed by atoms with van der Waals surface area (Å²) in [5.41, 5.74) is 0. The van der Waals surface area contributed by atoms with E-state index in [1.807, 2.05) is 6.92 Å². The maximum atomic E-state index is 10.0. The molecular weight excluding hydrogens is 200 g/mol. The van der Waals surface area contributed by atoms with Gasteiger partial charge in [-0.05, 0) is 19.8 Å². The van der Waals surface area contributed by atoms with Gasteiger partial charge in [0.25, 0.3) is 0 Å². The lowest BCUT2D eigenvalue weighted by Gasteiger charge is -1.97. The Labute approximate surface area is 101 Å². The van der Waals surface area contributed by atoms with Crippen molar-refractivity contribution >= 4 is 5.78 Å². The van der Waals surface area contributed by atoms with Crippen molar-refractivity contribution in [1.82, 2.24) is 0 Å². The van der Waals surface area contributed by atoms with E-state index in [0.29, 0.717) is 6.61 Å². The highest BCUT2D eigenvalue weighted by atomic mass is 16.2. The quantitative estimate of drug-likeness (QED) is 0.605. The van der Waals surface area contributed by atoms with Crippen LogP contribution in [0.3, 0.4) is 0 Å². The lowest BCUT2D eigenvalue weighted by Crippen LogP contribution is -1.84. The van der Waals surface area contributed by atoms with E-state index in [1.165, 1.54) is 38.5 Å². The molecule has 2 heteroatoms. The van der Waals surface area contributed by atoms with Crippen molar-refractivity contribution in [3.63, 3.8) is 0 Å². The zero-order valence-corrected chi connectivity index (χ0v) is 11.4. The summed E-state index contributed by atoms with van der Waals surface area (Å²) in [5.74, 6) is 0.289. The molecule has 0 saturated carbocycles. The standard InChI is InChI=1S/C9H20O.C5H10O/c1-2-3-4-5-6-7-8-9-10;1-3-4-5(2)6/h10H,2-9H2,1H3;3-4H2,1-2H3. The van der Waals surface area contributed by atoms with Crippen LogP contribution >= 0.6 is 0 Å². The Hall–Kier alpha value is -0.370. The monoisotopic (exact) mass is 230 g/mol. The van der Waals surface area contributed by atoms with E-state index < -0.39 is 0 Å². The first-order valence-corrected chi connectivity index (χ1v) is 6.79. The van der Waals surface area contributed by atoms with Crippen LogP contribution in [0.25, 0.3) is 0 Å². The molecule has 0 bridgehead atoms. The number of ketones is 1. The SMILES string of the molecule is CCCC(C)=O.CCCCCCCCCO. The smallest absolute Gasteiger partial charge is 0.129 e. The summed E-state index contributed by atoms with van der Waals surface area (Å²) < 4.78 is 0. The molecule has 0 heterocycles. The molecule has 0 rings (SSSR count). The molecule has 2 nitrogen and oxygen atoms in total. The van der Waals surface area contributed by atoms with E-state index in [0.717, 1.165) is 19.3 Å². The lowest BCUT2D eigenvalue weighted by molar-refractivity contribution is -0.117. The van der Waals surface area contributed by atoms with Crippen molar-refractivity contribution in [2.24, 2.45) is 0 Å². The molecule has 0 aliphatic rings. The molecule has 0 aromatic heterocycles. The first-order valence-electron chi connectivity index (χ1n) is 6.79. The molecule has 16 heavy (non-hydrogen) atoms. The van der Waals surface area contributed by atoms with Crippen molar-refractivity contribution in [2.45, 2.75) is 78.6 Å². The maximum Gasteiger partial charge on any atom is 0.129 e. The molecule has 0 aliphatic heterocycles. The molecule has 0 amide bonds. The minimum Gasteiger partial charge on any atom is -0.396 e. The number of aliphatic hydroxyl groups is 1. The second-order valence-electron chi connectivity index (χ2n) is 4.30. The Balaban J connectivity index is 0. The number of carbonyl (C=O) groups is 1. The second-order valence-corrected chi connectivity index (χ2v) is 4.30. The normalized spacial score (nSPS) is 9.50. The number of Topliss-reactive ketones (excluding diaryl/α,β-unsaturated/α-hetero) is 1. The predicted octanol–water partition coefficient (Wildman–Crippen LogP) is 4.10. The van der Waals surface area contributed by atoms with Gasteiger partial charge in [0.05, 0.1) is 0 Å².